The zero-order valence-corrected chi connectivity index (χ0v) is 16.8. The minimum atomic E-state index is -3.68. The number of hydrogen-bond acceptors (Lipinski definition) is 5. The van der Waals surface area contributed by atoms with Crippen molar-refractivity contribution in [3.05, 3.63) is 59.4 Å². The quantitative estimate of drug-likeness (QED) is 0.667. The number of anilines is 2. The van der Waals surface area contributed by atoms with Crippen molar-refractivity contribution in [2.75, 3.05) is 16.4 Å². The molecule has 0 saturated heterocycles. The predicted molar refractivity (Wildman–Crippen MR) is 109 cm³/mol. The molecule has 0 spiro atoms. The van der Waals surface area contributed by atoms with Crippen molar-refractivity contribution < 1.29 is 22.4 Å². The second-order valence-corrected chi connectivity index (χ2v) is 9.37. The number of amides is 2. The molecule has 3 N–H and O–H groups in total. The van der Waals surface area contributed by atoms with Gasteiger partial charge in [0.2, 0.25) is 5.91 Å². The molecule has 2 aromatic carbocycles. The summed E-state index contributed by atoms with van der Waals surface area (Å²) in [5, 5.41) is 8.32. The Hall–Kier alpha value is -2.94. The van der Waals surface area contributed by atoms with E-state index in [4.69, 9.17) is 0 Å². The molecule has 7 nitrogen and oxygen atoms in total. The Kier molecular flexibility index (Phi) is 5.88. The van der Waals surface area contributed by atoms with Gasteiger partial charge in [0.15, 0.2) is 9.84 Å². The van der Waals surface area contributed by atoms with Crippen LogP contribution in [0.2, 0.25) is 0 Å². The minimum absolute atomic E-state index is 0.0288. The summed E-state index contributed by atoms with van der Waals surface area (Å²) >= 11 is 0. The summed E-state index contributed by atoms with van der Waals surface area (Å²) in [7, 11) is -3.68. The van der Waals surface area contributed by atoms with E-state index in [2.05, 4.69) is 16.0 Å². The average molecular weight is 419 g/mol. The predicted octanol–water partition coefficient (Wildman–Crippen LogP) is 2.31. The van der Waals surface area contributed by atoms with Gasteiger partial charge in [-0.05, 0) is 49.7 Å². The number of sulfone groups is 1. The first-order chi connectivity index (χ1) is 13.6. The third-order valence-corrected chi connectivity index (χ3v) is 5.92. The molecule has 2 aromatic rings. The highest BCUT2D eigenvalue weighted by Crippen LogP contribution is 2.28. The van der Waals surface area contributed by atoms with Crippen molar-refractivity contribution in [1.82, 2.24) is 5.32 Å². The topological polar surface area (TPSA) is 104 Å². The number of carbonyl (C=O) groups is 2. The molecule has 1 atom stereocenters. The summed E-state index contributed by atoms with van der Waals surface area (Å²) < 4.78 is 38.3. The van der Waals surface area contributed by atoms with Gasteiger partial charge in [0.25, 0.3) is 5.91 Å². The first kappa shape index (κ1) is 20.8. The van der Waals surface area contributed by atoms with E-state index in [0.29, 0.717) is 22.5 Å². The fourth-order valence-corrected chi connectivity index (χ4v) is 4.59. The third-order valence-electron chi connectivity index (χ3n) is 4.30. The van der Waals surface area contributed by atoms with Crippen LogP contribution in [0.3, 0.4) is 0 Å². The molecule has 154 valence electrons. The first-order valence-electron chi connectivity index (χ1n) is 9.10. The van der Waals surface area contributed by atoms with Crippen molar-refractivity contribution in [2.24, 2.45) is 0 Å². The van der Waals surface area contributed by atoms with Gasteiger partial charge in [0, 0.05) is 11.6 Å². The van der Waals surface area contributed by atoms with Crippen LogP contribution < -0.4 is 16.0 Å². The van der Waals surface area contributed by atoms with Gasteiger partial charge in [-0.2, -0.15) is 0 Å². The number of benzene rings is 2. The monoisotopic (exact) mass is 419 g/mol. The van der Waals surface area contributed by atoms with Crippen molar-refractivity contribution in [2.45, 2.75) is 31.7 Å². The lowest BCUT2D eigenvalue weighted by Gasteiger charge is -2.27. The molecule has 0 aromatic heterocycles. The Balaban J connectivity index is 1.72. The van der Waals surface area contributed by atoms with Gasteiger partial charge in [-0.3, -0.25) is 9.59 Å². The second-order valence-electron chi connectivity index (χ2n) is 7.26. The molecule has 3 rings (SSSR count). The third kappa shape index (κ3) is 5.32. The Morgan fingerprint density at radius 1 is 1.17 bits per heavy atom. The summed E-state index contributed by atoms with van der Waals surface area (Å²) in [6, 6.07) is 9.09. The summed E-state index contributed by atoms with van der Waals surface area (Å²) in [6.45, 7) is 3.68. The number of rotatable bonds is 6. The Morgan fingerprint density at radius 3 is 2.62 bits per heavy atom. The Bertz CT molecular complexity index is 1050. The number of halogens is 1. The molecule has 1 aliphatic rings. The molecule has 1 unspecified atom stereocenters. The highest BCUT2D eigenvalue weighted by atomic mass is 32.2. The van der Waals surface area contributed by atoms with Crippen LogP contribution in [0.4, 0.5) is 15.8 Å². The van der Waals surface area contributed by atoms with E-state index in [9.17, 15) is 22.4 Å². The summed E-state index contributed by atoms with van der Waals surface area (Å²) in [5.41, 5.74) is 1.64. The Morgan fingerprint density at radius 2 is 1.93 bits per heavy atom. The molecule has 9 heteroatoms. The molecule has 1 aliphatic heterocycles. The molecule has 1 heterocycles. The van der Waals surface area contributed by atoms with Gasteiger partial charge in [-0.15, -0.1) is 0 Å². The summed E-state index contributed by atoms with van der Waals surface area (Å²) in [6.07, 6.45) is 0. The van der Waals surface area contributed by atoms with Crippen LogP contribution in [0.25, 0.3) is 0 Å². The van der Waals surface area contributed by atoms with Crippen LogP contribution in [0.5, 0.6) is 0 Å². The normalized spacial score (nSPS) is 16.0. The van der Waals surface area contributed by atoms with Crippen LogP contribution in [0, 0.1) is 5.82 Å². The molecule has 0 radical (unpaired) electrons. The van der Waals surface area contributed by atoms with Crippen molar-refractivity contribution in [3.63, 3.8) is 0 Å². The minimum Gasteiger partial charge on any atom is -0.371 e. The number of carbonyl (C=O) groups excluding carboxylic acids is 2. The van der Waals surface area contributed by atoms with E-state index in [1.807, 2.05) is 13.8 Å². The largest absolute Gasteiger partial charge is 0.371 e. The number of hydrogen-bond donors (Lipinski definition) is 3. The SMILES string of the molecule is CC(C)NC(=O)c1ccc2c(c1)NC(=O)C(CS(=O)(=O)Cc1cccc(F)c1)N2. The van der Waals surface area contributed by atoms with Crippen LogP contribution in [-0.2, 0) is 20.4 Å². The molecule has 0 bridgehead atoms. The maximum absolute atomic E-state index is 13.3. The molecule has 2 amide bonds. The van der Waals surface area contributed by atoms with E-state index in [-0.39, 0.29) is 17.7 Å². The van der Waals surface area contributed by atoms with Gasteiger partial charge in [-0.1, -0.05) is 12.1 Å². The number of fused-ring (bicyclic) bond motifs is 1. The van der Waals surface area contributed by atoms with E-state index in [1.165, 1.54) is 24.3 Å². The molecular formula is C20H22FN3O4S. The lowest BCUT2D eigenvalue weighted by Crippen LogP contribution is -2.43. The average Bonchev–Trinajstić information content (AvgIpc) is 2.60. The van der Waals surface area contributed by atoms with E-state index >= 15 is 0 Å². The highest BCUT2D eigenvalue weighted by molar-refractivity contribution is 7.90. The maximum atomic E-state index is 13.3. The fraction of sp³-hybridized carbons (Fsp3) is 0.300. The van der Waals surface area contributed by atoms with Crippen molar-refractivity contribution >= 4 is 33.0 Å². The molecule has 0 aliphatic carbocycles. The second kappa shape index (κ2) is 8.20. The molecule has 0 saturated carbocycles. The molecular weight excluding hydrogens is 397 g/mol. The van der Waals surface area contributed by atoms with E-state index < -0.39 is 33.4 Å². The summed E-state index contributed by atoms with van der Waals surface area (Å²) in [5.74, 6) is -2.10. The lowest BCUT2D eigenvalue weighted by atomic mass is 10.1. The lowest BCUT2D eigenvalue weighted by molar-refractivity contribution is -0.116. The van der Waals surface area contributed by atoms with Crippen LogP contribution in [-0.4, -0.2) is 38.1 Å². The van der Waals surface area contributed by atoms with Crippen LogP contribution in [0.15, 0.2) is 42.5 Å². The standard InChI is InChI=1S/C20H22FN3O4S/c1-12(2)22-19(25)14-6-7-16-17(9-14)24-20(26)18(23-16)11-29(27,28)10-13-4-3-5-15(21)8-13/h3-9,12,18,23H,10-11H2,1-2H3,(H,22,25)(H,24,26). The van der Waals surface area contributed by atoms with E-state index in [1.54, 1.807) is 12.1 Å². The van der Waals surface area contributed by atoms with E-state index in [0.717, 1.165) is 6.07 Å². The fourth-order valence-electron chi connectivity index (χ4n) is 3.04. The first-order valence-corrected chi connectivity index (χ1v) is 10.9. The van der Waals surface area contributed by atoms with Crippen LogP contribution >= 0.6 is 0 Å². The van der Waals surface area contributed by atoms with Crippen molar-refractivity contribution in [3.8, 4) is 0 Å². The summed E-state index contributed by atoms with van der Waals surface area (Å²) in [4.78, 5) is 24.5. The number of nitrogens with one attached hydrogen (secondary N) is 3. The van der Waals surface area contributed by atoms with Gasteiger partial charge in [0.05, 0.1) is 22.9 Å². The Labute approximate surface area is 168 Å². The van der Waals surface area contributed by atoms with Gasteiger partial charge >= 0.3 is 0 Å². The van der Waals surface area contributed by atoms with Gasteiger partial charge in [0.1, 0.15) is 11.9 Å². The van der Waals surface area contributed by atoms with Gasteiger partial charge < -0.3 is 16.0 Å². The highest BCUT2D eigenvalue weighted by Gasteiger charge is 2.30. The smallest absolute Gasteiger partial charge is 0.251 e. The van der Waals surface area contributed by atoms with Crippen LogP contribution in [0.1, 0.15) is 29.8 Å². The molecule has 29 heavy (non-hydrogen) atoms. The molecule has 0 fully saturated rings. The maximum Gasteiger partial charge on any atom is 0.251 e. The van der Waals surface area contributed by atoms with Gasteiger partial charge in [-0.25, -0.2) is 12.8 Å². The zero-order valence-electron chi connectivity index (χ0n) is 16.0. The van der Waals surface area contributed by atoms with Crippen molar-refractivity contribution in [1.29, 1.82) is 0 Å². The zero-order chi connectivity index (χ0) is 21.2.